The first-order valence-electron chi connectivity index (χ1n) is 14.9. The minimum absolute atomic E-state index is 0.101. The normalized spacial score (nSPS) is 22.8. The number of benzene rings is 1. The zero-order chi connectivity index (χ0) is 34.9. The minimum Gasteiger partial charge on any atom is -0.475 e. The molecule has 2 heterocycles. The van der Waals surface area contributed by atoms with Crippen molar-refractivity contribution in [1.29, 1.82) is 0 Å². The smallest absolute Gasteiger partial charge is 0.475 e. The predicted octanol–water partition coefficient (Wildman–Crippen LogP) is 4.19. The molecular formula is C30H43F6N3O7. The lowest BCUT2D eigenvalue weighted by molar-refractivity contribution is -0.193. The molecule has 4 rings (SSSR count). The summed E-state index contributed by atoms with van der Waals surface area (Å²) in [5, 5.41) is 24.0. The Hall–Kier alpha value is -3.11. The Morgan fingerprint density at radius 1 is 0.891 bits per heavy atom. The number of halogens is 6. The summed E-state index contributed by atoms with van der Waals surface area (Å²) in [6.07, 6.45) is -2.25. The highest BCUT2D eigenvalue weighted by Crippen LogP contribution is 2.42. The fourth-order valence-corrected chi connectivity index (χ4v) is 5.76. The van der Waals surface area contributed by atoms with Crippen LogP contribution in [0.15, 0.2) is 24.3 Å². The molecule has 2 aliphatic heterocycles. The van der Waals surface area contributed by atoms with Gasteiger partial charge in [-0.15, -0.1) is 0 Å². The third kappa shape index (κ3) is 12.6. The molecular weight excluding hydrogens is 628 g/mol. The zero-order valence-electron chi connectivity index (χ0n) is 26.1. The first-order valence-corrected chi connectivity index (χ1v) is 14.9. The summed E-state index contributed by atoms with van der Waals surface area (Å²) in [5.74, 6) is -5.27. The van der Waals surface area contributed by atoms with E-state index in [-0.39, 0.29) is 17.4 Å². The first-order chi connectivity index (χ1) is 21.2. The number of likely N-dealkylation sites (tertiary alicyclic amines) is 1. The second-order valence-electron chi connectivity index (χ2n) is 12.3. The molecule has 16 heteroatoms. The molecule has 3 N–H and O–H groups in total. The number of amides is 1. The van der Waals surface area contributed by atoms with Gasteiger partial charge in [0, 0.05) is 45.5 Å². The lowest BCUT2D eigenvalue weighted by Gasteiger charge is -2.39. The fraction of sp³-hybridized carbons (Fsp3) is 0.700. The van der Waals surface area contributed by atoms with Crippen LogP contribution in [0.4, 0.5) is 32.0 Å². The maximum Gasteiger partial charge on any atom is 0.490 e. The van der Waals surface area contributed by atoms with E-state index in [1.165, 1.54) is 0 Å². The van der Waals surface area contributed by atoms with Gasteiger partial charge in [-0.1, -0.05) is 12.1 Å². The number of alkyl halides is 6. The number of hydrogen-bond donors (Lipinski definition) is 3. The van der Waals surface area contributed by atoms with Gasteiger partial charge in [-0.05, 0) is 75.1 Å². The second-order valence-corrected chi connectivity index (χ2v) is 12.3. The van der Waals surface area contributed by atoms with E-state index in [1.807, 2.05) is 14.1 Å². The van der Waals surface area contributed by atoms with Gasteiger partial charge in [0.05, 0.1) is 25.2 Å². The molecule has 1 unspecified atom stereocenters. The Labute approximate surface area is 263 Å². The average Bonchev–Trinajstić information content (AvgIpc) is 3.35. The number of carboxylic acids is 2. The molecule has 3 aliphatic rings. The minimum atomic E-state index is -5.08. The number of nitrogens with zero attached hydrogens (tertiary/aromatic N) is 3. The lowest BCUT2D eigenvalue weighted by Crippen LogP contribution is -2.44. The van der Waals surface area contributed by atoms with Crippen molar-refractivity contribution >= 4 is 23.5 Å². The van der Waals surface area contributed by atoms with Gasteiger partial charge in [0.15, 0.2) is 0 Å². The van der Waals surface area contributed by atoms with Crippen molar-refractivity contribution in [3.8, 4) is 0 Å². The van der Waals surface area contributed by atoms with Crippen LogP contribution >= 0.6 is 0 Å². The summed E-state index contributed by atoms with van der Waals surface area (Å²) < 4.78 is 69.7. The molecule has 1 aromatic carbocycles. The van der Waals surface area contributed by atoms with Gasteiger partial charge in [-0.25, -0.2) is 9.59 Å². The van der Waals surface area contributed by atoms with Gasteiger partial charge in [0.25, 0.3) is 0 Å². The summed E-state index contributed by atoms with van der Waals surface area (Å²) in [6.45, 7) is 3.51. The first kappa shape index (κ1) is 39.1. The molecule has 10 nitrogen and oxygen atoms in total. The van der Waals surface area contributed by atoms with Gasteiger partial charge in [-0.3, -0.25) is 4.79 Å². The van der Waals surface area contributed by atoms with E-state index >= 15 is 0 Å². The van der Waals surface area contributed by atoms with Crippen LogP contribution in [0.3, 0.4) is 0 Å². The van der Waals surface area contributed by atoms with E-state index in [0.29, 0.717) is 18.6 Å². The van der Waals surface area contributed by atoms with Crippen molar-refractivity contribution < 1.29 is 60.8 Å². The molecule has 1 aliphatic carbocycles. The SMILES string of the molecule is CN(C)c1ccc(CC(=O)N2CCC3(CC2)COC(CN(C)C2CCC(O)CC2)C3)cc1.O=C(O)C(F)(F)F.O=C(O)C(F)(F)F. The summed E-state index contributed by atoms with van der Waals surface area (Å²) >= 11 is 0. The van der Waals surface area contributed by atoms with Crippen molar-refractivity contribution in [2.45, 2.75) is 82.0 Å². The number of carbonyl (C=O) groups excluding carboxylic acids is 1. The summed E-state index contributed by atoms with van der Waals surface area (Å²) in [4.78, 5) is 37.2. The molecule has 46 heavy (non-hydrogen) atoms. The van der Waals surface area contributed by atoms with E-state index in [9.17, 15) is 36.2 Å². The maximum atomic E-state index is 12.9. The molecule has 1 saturated carbocycles. The van der Waals surface area contributed by atoms with E-state index in [4.69, 9.17) is 24.5 Å². The van der Waals surface area contributed by atoms with Crippen molar-refractivity contribution in [3.63, 3.8) is 0 Å². The molecule has 262 valence electrons. The number of aliphatic hydroxyl groups is 1. The van der Waals surface area contributed by atoms with Crippen LogP contribution in [0.25, 0.3) is 0 Å². The number of ether oxygens (including phenoxy) is 1. The molecule has 1 aromatic rings. The van der Waals surface area contributed by atoms with Crippen LogP contribution in [0.1, 0.15) is 50.5 Å². The number of rotatable bonds is 6. The number of aliphatic hydroxyl groups excluding tert-OH is 1. The Morgan fingerprint density at radius 2 is 1.37 bits per heavy atom. The number of carboxylic acid groups (broad SMARTS) is 2. The van der Waals surface area contributed by atoms with E-state index in [0.717, 1.165) is 82.4 Å². The Bertz CT molecular complexity index is 1110. The Morgan fingerprint density at radius 3 is 1.80 bits per heavy atom. The molecule has 2 saturated heterocycles. The number of carbonyl (C=O) groups is 3. The van der Waals surface area contributed by atoms with E-state index in [2.05, 4.69) is 46.0 Å². The highest BCUT2D eigenvalue weighted by Gasteiger charge is 2.43. The summed E-state index contributed by atoms with van der Waals surface area (Å²) in [6, 6.07) is 8.87. The monoisotopic (exact) mass is 671 g/mol. The number of likely N-dealkylation sites (N-methyl/N-ethyl adjacent to an activating group) is 1. The molecule has 1 spiro atoms. The van der Waals surface area contributed by atoms with Crippen LogP contribution in [0.5, 0.6) is 0 Å². The van der Waals surface area contributed by atoms with Crippen LogP contribution in [-0.2, 0) is 25.5 Å². The Balaban J connectivity index is 0.000000440. The van der Waals surface area contributed by atoms with Crippen LogP contribution < -0.4 is 4.90 Å². The third-order valence-electron chi connectivity index (χ3n) is 8.54. The van der Waals surface area contributed by atoms with Gasteiger partial charge < -0.3 is 34.8 Å². The molecule has 0 bridgehead atoms. The number of hydrogen-bond acceptors (Lipinski definition) is 7. The van der Waals surface area contributed by atoms with E-state index in [1.54, 1.807) is 0 Å². The van der Waals surface area contributed by atoms with Gasteiger partial charge >= 0.3 is 24.3 Å². The molecule has 0 radical (unpaired) electrons. The van der Waals surface area contributed by atoms with Gasteiger partial charge in [0.1, 0.15) is 0 Å². The number of piperidine rings is 1. The fourth-order valence-electron chi connectivity index (χ4n) is 5.76. The zero-order valence-corrected chi connectivity index (χ0v) is 26.1. The van der Waals surface area contributed by atoms with Gasteiger partial charge in [-0.2, -0.15) is 26.3 Å². The molecule has 0 aromatic heterocycles. The summed E-state index contributed by atoms with van der Waals surface area (Å²) in [7, 11) is 6.27. The summed E-state index contributed by atoms with van der Waals surface area (Å²) in [5.41, 5.74) is 2.49. The molecule has 1 amide bonds. The highest BCUT2D eigenvalue weighted by molar-refractivity contribution is 5.79. The van der Waals surface area contributed by atoms with Crippen LogP contribution in [0, 0.1) is 5.41 Å². The van der Waals surface area contributed by atoms with Crippen molar-refractivity contribution in [3.05, 3.63) is 29.8 Å². The standard InChI is InChI=1S/C26H41N3O3.2C2HF3O2/c1-27(2)21-6-4-20(5-7-21)16-25(31)29-14-12-26(13-15-29)17-24(32-19-26)18-28(3)22-8-10-23(30)11-9-22;2*3-2(4,5)1(6)7/h4-7,22-24,30H,8-19H2,1-3H3;2*(H,6,7). The van der Waals surface area contributed by atoms with Crippen LogP contribution in [0.2, 0.25) is 0 Å². The van der Waals surface area contributed by atoms with E-state index < -0.39 is 24.3 Å². The van der Waals surface area contributed by atoms with Crippen molar-refractivity contribution in [2.24, 2.45) is 5.41 Å². The number of aliphatic carboxylic acids is 2. The quantitative estimate of drug-likeness (QED) is 0.381. The maximum absolute atomic E-state index is 12.9. The molecule has 3 fully saturated rings. The second kappa shape index (κ2) is 16.6. The van der Waals surface area contributed by atoms with Crippen LogP contribution in [-0.4, -0.2) is 121 Å². The number of anilines is 1. The molecule has 1 atom stereocenters. The topological polar surface area (TPSA) is 131 Å². The predicted molar refractivity (Wildman–Crippen MR) is 155 cm³/mol. The largest absolute Gasteiger partial charge is 0.490 e. The lowest BCUT2D eigenvalue weighted by atomic mass is 9.76. The average molecular weight is 672 g/mol. The van der Waals surface area contributed by atoms with Crippen molar-refractivity contribution in [2.75, 3.05) is 52.3 Å². The van der Waals surface area contributed by atoms with Crippen molar-refractivity contribution in [1.82, 2.24) is 9.80 Å². The van der Waals surface area contributed by atoms with Gasteiger partial charge in [0.2, 0.25) is 5.91 Å². The third-order valence-corrected chi connectivity index (χ3v) is 8.54. The highest BCUT2D eigenvalue weighted by atomic mass is 19.4. The Kier molecular flexibility index (Phi) is 14.1.